The van der Waals surface area contributed by atoms with E-state index in [0.717, 1.165) is 24.2 Å². The van der Waals surface area contributed by atoms with Crippen LogP contribution < -0.4 is 14.2 Å². The van der Waals surface area contributed by atoms with Gasteiger partial charge < -0.3 is 19.3 Å². The minimum absolute atomic E-state index is 0.125. The molecule has 6 heteroatoms. The molecule has 3 aromatic rings. The largest absolute Gasteiger partial charge is 0.508 e. The number of rotatable bonds is 7. The van der Waals surface area contributed by atoms with Gasteiger partial charge in [-0.2, -0.15) is 4.98 Å². The van der Waals surface area contributed by atoms with Gasteiger partial charge in [0.05, 0.1) is 13.2 Å². The smallest absolute Gasteiger partial charge is 0.217 e. The molecule has 0 unspecified atom stereocenters. The van der Waals surface area contributed by atoms with Crippen molar-refractivity contribution in [2.75, 3.05) is 7.11 Å². The van der Waals surface area contributed by atoms with E-state index < -0.39 is 0 Å². The van der Waals surface area contributed by atoms with E-state index in [4.69, 9.17) is 14.2 Å². The number of methoxy groups -OCH3 is 1. The molecule has 6 nitrogen and oxygen atoms in total. The van der Waals surface area contributed by atoms with Crippen molar-refractivity contribution in [1.82, 2.24) is 9.97 Å². The quantitative estimate of drug-likeness (QED) is 0.658. The zero-order valence-electron chi connectivity index (χ0n) is 15.7. The highest BCUT2D eigenvalue weighted by molar-refractivity contribution is 5.60. The van der Waals surface area contributed by atoms with E-state index in [2.05, 4.69) is 9.97 Å². The lowest BCUT2D eigenvalue weighted by Gasteiger charge is -2.26. The van der Waals surface area contributed by atoms with Crippen LogP contribution in [-0.4, -0.2) is 28.3 Å². The van der Waals surface area contributed by atoms with Gasteiger partial charge in [-0.1, -0.05) is 12.1 Å². The van der Waals surface area contributed by atoms with Crippen molar-refractivity contribution in [1.29, 1.82) is 0 Å². The number of hydrogen-bond acceptors (Lipinski definition) is 6. The van der Waals surface area contributed by atoms with Gasteiger partial charge in [0.2, 0.25) is 5.88 Å². The van der Waals surface area contributed by atoms with Crippen molar-refractivity contribution in [3.8, 4) is 34.5 Å². The fourth-order valence-electron chi connectivity index (χ4n) is 2.90. The first-order chi connectivity index (χ1) is 13.7. The Balaban J connectivity index is 1.48. The van der Waals surface area contributed by atoms with Crippen molar-refractivity contribution in [3.63, 3.8) is 0 Å². The molecule has 2 aromatic carbocycles. The highest BCUT2D eigenvalue weighted by atomic mass is 16.5. The molecule has 1 aromatic heterocycles. The van der Waals surface area contributed by atoms with Crippen LogP contribution in [0.15, 0.2) is 54.7 Å². The Hall–Kier alpha value is -3.28. The molecule has 1 fully saturated rings. The van der Waals surface area contributed by atoms with Crippen LogP contribution in [0.25, 0.3) is 11.4 Å². The second kappa shape index (κ2) is 8.17. The van der Waals surface area contributed by atoms with E-state index in [-0.39, 0.29) is 11.9 Å². The first kappa shape index (κ1) is 18.1. The average Bonchev–Trinajstić information content (AvgIpc) is 2.69. The second-order valence-corrected chi connectivity index (χ2v) is 6.74. The monoisotopic (exact) mass is 378 g/mol. The number of aromatic hydroxyl groups is 1. The van der Waals surface area contributed by atoms with Gasteiger partial charge in [-0.15, -0.1) is 0 Å². The second-order valence-electron chi connectivity index (χ2n) is 6.74. The lowest BCUT2D eigenvalue weighted by atomic mass is 9.96. The van der Waals surface area contributed by atoms with Gasteiger partial charge >= 0.3 is 0 Å². The first-order valence-corrected chi connectivity index (χ1v) is 9.29. The SMILES string of the molecule is COc1ccc(COc2ccnc(-c3cc(O)cc(OC4CCC4)c3)n2)cc1. The van der Waals surface area contributed by atoms with Crippen molar-refractivity contribution in [2.24, 2.45) is 0 Å². The van der Waals surface area contributed by atoms with Crippen LogP contribution in [0.5, 0.6) is 23.1 Å². The summed E-state index contributed by atoms with van der Waals surface area (Å²) in [6.45, 7) is 0.385. The summed E-state index contributed by atoms with van der Waals surface area (Å²) in [6, 6.07) is 14.5. The summed E-state index contributed by atoms with van der Waals surface area (Å²) < 4.78 is 16.8. The lowest BCUT2D eigenvalue weighted by molar-refractivity contribution is 0.120. The number of ether oxygens (including phenoxy) is 3. The molecule has 1 N–H and O–H groups in total. The molecule has 144 valence electrons. The van der Waals surface area contributed by atoms with Gasteiger partial charge in [0, 0.05) is 23.9 Å². The van der Waals surface area contributed by atoms with E-state index >= 15 is 0 Å². The number of phenols is 1. The van der Waals surface area contributed by atoms with E-state index in [0.29, 0.717) is 29.6 Å². The maximum Gasteiger partial charge on any atom is 0.217 e. The zero-order chi connectivity index (χ0) is 19.3. The highest BCUT2D eigenvalue weighted by Crippen LogP contribution is 2.31. The molecule has 0 spiro atoms. The van der Waals surface area contributed by atoms with Crippen molar-refractivity contribution < 1.29 is 19.3 Å². The van der Waals surface area contributed by atoms with Crippen LogP contribution in [0.1, 0.15) is 24.8 Å². The van der Waals surface area contributed by atoms with Gasteiger partial charge in [-0.25, -0.2) is 4.98 Å². The lowest BCUT2D eigenvalue weighted by Crippen LogP contribution is -2.24. The Morgan fingerprint density at radius 1 is 1.04 bits per heavy atom. The summed E-state index contributed by atoms with van der Waals surface area (Å²) in [5.74, 6) is 2.50. The van der Waals surface area contributed by atoms with Gasteiger partial charge in [0.15, 0.2) is 5.82 Å². The molecule has 28 heavy (non-hydrogen) atoms. The first-order valence-electron chi connectivity index (χ1n) is 9.29. The fraction of sp³-hybridized carbons (Fsp3) is 0.273. The molecule has 1 aliphatic rings. The summed E-state index contributed by atoms with van der Waals surface area (Å²) in [5, 5.41) is 10.0. The average molecular weight is 378 g/mol. The Labute approximate surface area is 163 Å². The summed E-state index contributed by atoms with van der Waals surface area (Å²) in [4.78, 5) is 8.77. The molecule has 1 saturated carbocycles. The van der Waals surface area contributed by atoms with Crippen LogP contribution in [0.3, 0.4) is 0 Å². The molecule has 0 aliphatic heterocycles. The predicted molar refractivity (Wildman–Crippen MR) is 105 cm³/mol. The summed E-state index contributed by atoms with van der Waals surface area (Å²) in [7, 11) is 1.64. The van der Waals surface area contributed by atoms with Gasteiger partial charge in [-0.05, 0) is 49.1 Å². The number of hydrogen-bond donors (Lipinski definition) is 1. The van der Waals surface area contributed by atoms with E-state index in [1.54, 1.807) is 31.5 Å². The third-order valence-corrected chi connectivity index (χ3v) is 4.68. The zero-order valence-corrected chi connectivity index (χ0v) is 15.7. The van der Waals surface area contributed by atoms with Crippen molar-refractivity contribution in [3.05, 3.63) is 60.3 Å². The maximum absolute atomic E-state index is 10.0. The number of aromatic nitrogens is 2. The van der Waals surface area contributed by atoms with E-state index in [1.165, 1.54) is 6.42 Å². The van der Waals surface area contributed by atoms with Crippen LogP contribution >= 0.6 is 0 Å². The number of benzene rings is 2. The molecule has 0 amide bonds. The van der Waals surface area contributed by atoms with Gasteiger partial charge in [0.25, 0.3) is 0 Å². The van der Waals surface area contributed by atoms with Crippen LogP contribution in [0, 0.1) is 0 Å². The van der Waals surface area contributed by atoms with Gasteiger partial charge in [-0.3, -0.25) is 0 Å². The topological polar surface area (TPSA) is 73.7 Å². The molecular weight excluding hydrogens is 356 g/mol. The highest BCUT2D eigenvalue weighted by Gasteiger charge is 2.19. The Kier molecular flexibility index (Phi) is 5.28. The minimum Gasteiger partial charge on any atom is -0.508 e. The van der Waals surface area contributed by atoms with E-state index in [1.807, 2.05) is 30.3 Å². The Morgan fingerprint density at radius 2 is 1.86 bits per heavy atom. The van der Waals surface area contributed by atoms with E-state index in [9.17, 15) is 5.11 Å². The molecule has 0 bridgehead atoms. The Bertz CT molecular complexity index is 940. The third kappa shape index (κ3) is 4.34. The predicted octanol–water partition coefficient (Wildman–Crippen LogP) is 4.37. The minimum atomic E-state index is 0.125. The molecule has 0 radical (unpaired) electrons. The maximum atomic E-state index is 10.0. The molecule has 0 saturated heterocycles. The third-order valence-electron chi connectivity index (χ3n) is 4.68. The molecule has 1 aliphatic carbocycles. The standard InChI is InChI=1S/C22H22N2O4/c1-26-18-7-5-15(6-8-18)14-27-21-9-10-23-22(24-21)16-11-17(25)13-20(12-16)28-19-3-2-4-19/h5-13,19,25H,2-4,14H2,1H3. The number of nitrogens with zero attached hydrogens (tertiary/aromatic N) is 2. The van der Waals surface area contributed by atoms with Crippen molar-refractivity contribution in [2.45, 2.75) is 32.0 Å². The van der Waals surface area contributed by atoms with Crippen LogP contribution in [0.2, 0.25) is 0 Å². The van der Waals surface area contributed by atoms with Crippen LogP contribution in [-0.2, 0) is 6.61 Å². The van der Waals surface area contributed by atoms with Crippen LogP contribution in [0.4, 0.5) is 0 Å². The Morgan fingerprint density at radius 3 is 2.57 bits per heavy atom. The molecule has 0 atom stereocenters. The normalized spacial score (nSPS) is 13.6. The summed E-state index contributed by atoms with van der Waals surface area (Å²) in [5.41, 5.74) is 1.69. The summed E-state index contributed by atoms with van der Waals surface area (Å²) in [6.07, 6.45) is 5.16. The number of phenolic OH excluding ortho intramolecular Hbond substituents is 1. The van der Waals surface area contributed by atoms with Gasteiger partial charge in [0.1, 0.15) is 23.9 Å². The molecule has 4 rings (SSSR count). The van der Waals surface area contributed by atoms with Crippen molar-refractivity contribution >= 4 is 0 Å². The fourth-order valence-corrected chi connectivity index (χ4v) is 2.90. The molecular formula is C22H22N2O4. The summed E-state index contributed by atoms with van der Waals surface area (Å²) >= 11 is 0. The molecule has 1 heterocycles.